The van der Waals surface area contributed by atoms with Crippen molar-refractivity contribution in [3.8, 4) is 0 Å². The molecule has 0 fully saturated rings. The predicted molar refractivity (Wildman–Crippen MR) is 57.9 cm³/mol. The number of methoxy groups -OCH3 is 1. The lowest BCUT2D eigenvalue weighted by molar-refractivity contribution is -0.136. The van der Waals surface area contributed by atoms with E-state index in [1.54, 1.807) is 0 Å². The summed E-state index contributed by atoms with van der Waals surface area (Å²) >= 11 is 0. The molecule has 0 spiro atoms. The molecule has 0 saturated carbocycles. The number of hydrogen-bond acceptors (Lipinski definition) is 3. The molecule has 0 aliphatic rings. The molecule has 0 aliphatic heterocycles. The number of aromatic nitrogens is 2. The molecule has 1 N–H and O–H groups in total. The van der Waals surface area contributed by atoms with Crippen LogP contribution in [0.1, 0.15) is 21.7 Å². The van der Waals surface area contributed by atoms with E-state index in [0.717, 1.165) is 16.5 Å². The number of halogens is 3. The van der Waals surface area contributed by atoms with Crippen LogP contribution in [0.5, 0.6) is 0 Å². The van der Waals surface area contributed by atoms with Gasteiger partial charge in [0.05, 0.1) is 12.2 Å². The Balaban J connectivity index is 2.79. The molecule has 0 atom stereocenters. The van der Waals surface area contributed by atoms with Gasteiger partial charge in [-0.1, -0.05) is 0 Å². The molecule has 2 rings (SSSR count). The van der Waals surface area contributed by atoms with Crippen molar-refractivity contribution in [2.45, 2.75) is 12.8 Å². The normalized spacial score (nSPS) is 12.0. The second kappa shape index (κ2) is 4.54. The quantitative estimate of drug-likeness (QED) is 0.931. The highest BCUT2D eigenvalue weighted by molar-refractivity contribution is 5.88. The van der Waals surface area contributed by atoms with Crippen LogP contribution in [0.15, 0.2) is 18.3 Å². The number of rotatable bonds is 3. The molecule has 0 aliphatic carbocycles. The SMILES string of the molecule is COCc1nc2c(C(F)(F)F)cccn2c1C(=O)O. The number of fused-ring (bicyclic) bond motifs is 1. The van der Waals surface area contributed by atoms with Crippen LogP contribution in [0.3, 0.4) is 0 Å². The third-order valence-corrected chi connectivity index (χ3v) is 2.51. The van der Waals surface area contributed by atoms with Gasteiger partial charge in [0.2, 0.25) is 0 Å². The molecule has 5 nitrogen and oxygen atoms in total. The maximum atomic E-state index is 12.8. The van der Waals surface area contributed by atoms with Crippen LogP contribution in [-0.2, 0) is 17.5 Å². The Morgan fingerprint density at radius 2 is 2.21 bits per heavy atom. The van der Waals surface area contributed by atoms with Crippen LogP contribution in [-0.4, -0.2) is 27.6 Å². The summed E-state index contributed by atoms with van der Waals surface area (Å²) in [5.74, 6) is -1.36. The van der Waals surface area contributed by atoms with E-state index in [0.29, 0.717) is 0 Å². The fourth-order valence-electron chi connectivity index (χ4n) is 1.80. The van der Waals surface area contributed by atoms with Crippen molar-refractivity contribution in [2.24, 2.45) is 0 Å². The van der Waals surface area contributed by atoms with Crippen molar-refractivity contribution in [1.29, 1.82) is 0 Å². The number of pyridine rings is 1. The van der Waals surface area contributed by atoms with E-state index in [-0.39, 0.29) is 18.0 Å². The predicted octanol–water partition coefficient (Wildman–Crippen LogP) is 2.20. The first kappa shape index (κ1) is 13.3. The van der Waals surface area contributed by atoms with Crippen LogP contribution in [0, 0.1) is 0 Å². The van der Waals surface area contributed by atoms with E-state index in [1.807, 2.05) is 0 Å². The summed E-state index contributed by atoms with van der Waals surface area (Å²) in [5.41, 5.74) is -1.81. The molecular weight excluding hydrogens is 265 g/mol. The summed E-state index contributed by atoms with van der Waals surface area (Å²) in [7, 11) is 1.31. The Morgan fingerprint density at radius 3 is 2.74 bits per heavy atom. The highest BCUT2D eigenvalue weighted by Crippen LogP contribution is 2.32. The van der Waals surface area contributed by atoms with E-state index in [4.69, 9.17) is 9.84 Å². The summed E-state index contributed by atoms with van der Waals surface area (Å²) in [4.78, 5) is 14.9. The zero-order chi connectivity index (χ0) is 14.2. The molecule has 2 aromatic heterocycles. The average molecular weight is 274 g/mol. The number of carbonyl (C=O) groups is 1. The van der Waals surface area contributed by atoms with Crippen LogP contribution in [0.2, 0.25) is 0 Å². The minimum absolute atomic E-state index is 0.0494. The Bertz CT molecular complexity index is 634. The van der Waals surface area contributed by atoms with Crippen molar-refractivity contribution in [3.63, 3.8) is 0 Å². The molecule has 0 radical (unpaired) electrons. The molecule has 19 heavy (non-hydrogen) atoms. The van der Waals surface area contributed by atoms with Gasteiger partial charge in [0.15, 0.2) is 5.69 Å². The Kier molecular flexibility index (Phi) is 3.19. The lowest BCUT2D eigenvalue weighted by Gasteiger charge is -2.07. The van der Waals surface area contributed by atoms with Crippen molar-refractivity contribution < 1.29 is 27.8 Å². The topological polar surface area (TPSA) is 63.8 Å². The first-order chi connectivity index (χ1) is 8.86. The molecule has 0 saturated heterocycles. The molecule has 0 aromatic carbocycles. The third kappa shape index (κ3) is 2.26. The van der Waals surface area contributed by atoms with E-state index in [1.165, 1.54) is 13.3 Å². The first-order valence-electron chi connectivity index (χ1n) is 5.15. The number of aromatic carboxylic acids is 1. The van der Waals surface area contributed by atoms with Gasteiger partial charge in [-0.3, -0.25) is 4.40 Å². The number of hydrogen-bond donors (Lipinski definition) is 1. The van der Waals surface area contributed by atoms with Gasteiger partial charge < -0.3 is 9.84 Å². The van der Waals surface area contributed by atoms with Gasteiger partial charge in [-0.05, 0) is 12.1 Å². The van der Waals surface area contributed by atoms with Gasteiger partial charge in [0.25, 0.3) is 0 Å². The molecule has 2 aromatic rings. The molecule has 2 heterocycles. The standard InChI is InChI=1S/C11H9F3N2O3/c1-19-5-7-8(10(17)18)16-4-2-3-6(9(16)15-7)11(12,13)14/h2-4H,5H2,1H3,(H,17,18). The summed E-state index contributed by atoms with van der Waals surface area (Å²) in [6.45, 7) is -0.180. The Labute approximate surface area is 105 Å². The number of ether oxygens (including phenoxy) is 1. The van der Waals surface area contributed by atoms with E-state index >= 15 is 0 Å². The second-order valence-electron chi connectivity index (χ2n) is 3.76. The number of carboxylic acid groups (broad SMARTS) is 1. The fourth-order valence-corrected chi connectivity index (χ4v) is 1.80. The Morgan fingerprint density at radius 1 is 1.53 bits per heavy atom. The maximum Gasteiger partial charge on any atom is 0.419 e. The molecule has 102 valence electrons. The zero-order valence-corrected chi connectivity index (χ0v) is 9.73. The third-order valence-electron chi connectivity index (χ3n) is 2.51. The lowest BCUT2D eigenvalue weighted by Crippen LogP contribution is -2.09. The van der Waals surface area contributed by atoms with Crippen molar-refractivity contribution in [2.75, 3.05) is 7.11 Å². The van der Waals surface area contributed by atoms with E-state index in [9.17, 15) is 18.0 Å². The number of carboxylic acids is 1. The highest BCUT2D eigenvalue weighted by atomic mass is 19.4. The highest BCUT2D eigenvalue weighted by Gasteiger charge is 2.35. The summed E-state index contributed by atoms with van der Waals surface area (Å²) < 4.78 is 44.1. The van der Waals surface area contributed by atoms with Crippen molar-refractivity contribution in [1.82, 2.24) is 9.38 Å². The molecule has 0 amide bonds. The minimum atomic E-state index is -4.60. The van der Waals surface area contributed by atoms with Gasteiger partial charge in [0, 0.05) is 13.3 Å². The molecule has 0 bridgehead atoms. The van der Waals surface area contributed by atoms with Gasteiger partial charge in [0.1, 0.15) is 11.3 Å². The summed E-state index contributed by atoms with van der Waals surface area (Å²) in [6, 6.07) is 1.98. The summed E-state index contributed by atoms with van der Waals surface area (Å²) in [6.07, 6.45) is -3.38. The zero-order valence-electron chi connectivity index (χ0n) is 9.73. The van der Waals surface area contributed by atoms with Crippen molar-refractivity contribution in [3.05, 3.63) is 35.3 Å². The smallest absolute Gasteiger partial charge is 0.419 e. The van der Waals surface area contributed by atoms with Gasteiger partial charge >= 0.3 is 12.1 Å². The monoisotopic (exact) mass is 274 g/mol. The van der Waals surface area contributed by atoms with Crippen LogP contribution < -0.4 is 0 Å². The summed E-state index contributed by atoms with van der Waals surface area (Å²) in [5, 5.41) is 9.08. The first-order valence-corrected chi connectivity index (χ1v) is 5.15. The van der Waals surface area contributed by atoms with Crippen molar-refractivity contribution >= 4 is 11.6 Å². The number of alkyl halides is 3. The minimum Gasteiger partial charge on any atom is -0.477 e. The van der Waals surface area contributed by atoms with Crippen LogP contribution >= 0.6 is 0 Å². The molecule has 0 unspecified atom stereocenters. The molecular formula is C11H9F3N2O3. The van der Waals surface area contributed by atoms with E-state index < -0.39 is 23.4 Å². The number of nitrogens with zero attached hydrogens (tertiary/aromatic N) is 2. The molecule has 8 heteroatoms. The maximum absolute atomic E-state index is 12.8. The van der Waals surface area contributed by atoms with Crippen LogP contribution in [0.4, 0.5) is 13.2 Å². The largest absolute Gasteiger partial charge is 0.477 e. The average Bonchev–Trinajstić information content (AvgIpc) is 2.65. The van der Waals surface area contributed by atoms with Gasteiger partial charge in [-0.25, -0.2) is 9.78 Å². The number of imidazole rings is 1. The van der Waals surface area contributed by atoms with Crippen LogP contribution in [0.25, 0.3) is 5.65 Å². The Hall–Kier alpha value is -2.09. The second-order valence-corrected chi connectivity index (χ2v) is 3.76. The lowest BCUT2D eigenvalue weighted by atomic mass is 10.2. The fraction of sp³-hybridized carbons (Fsp3) is 0.273. The van der Waals surface area contributed by atoms with E-state index in [2.05, 4.69) is 4.98 Å². The van der Waals surface area contributed by atoms with Gasteiger partial charge in [-0.2, -0.15) is 13.2 Å². The van der Waals surface area contributed by atoms with Gasteiger partial charge in [-0.15, -0.1) is 0 Å².